The fourth-order valence-corrected chi connectivity index (χ4v) is 3.56. The summed E-state index contributed by atoms with van der Waals surface area (Å²) in [5.74, 6) is -0.279. The van der Waals surface area contributed by atoms with Crippen LogP contribution in [0.2, 0.25) is 0 Å². The Morgan fingerprint density at radius 3 is 2.75 bits per heavy atom. The molecule has 114 valence electrons. The number of amides is 1. The van der Waals surface area contributed by atoms with Crippen LogP contribution in [0.25, 0.3) is 0 Å². The van der Waals surface area contributed by atoms with E-state index in [-0.39, 0.29) is 16.8 Å². The first-order valence-electron chi connectivity index (χ1n) is 6.47. The van der Waals surface area contributed by atoms with Crippen LogP contribution < -0.4 is 15.8 Å². The Hall–Kier alpha value is -0.960. The molecule has 1 rings (SSSR count). The van der Waals surface area contributed by atoms with Crippen LogP contribution >= 0.6 is 11.3 Å². The van der Waals surface area contributed by atoms with Gasteiger partial charge in [0.1, 0.15) is 0 Å². The molecule has 0 aliphatic heterocycles. The number of sulfonamides is 1. The normalized spacial score (nSPS) is 13.2. The lowest BCUT2D eigenvalue weighted by Gasteiger charge is -2.15. The highest BCUT2D eigenvalue weighted by atomic mass is 32.2. The van der Waals surface area contributed by atoms with Gasteiger partial charge in [0.2, 0.25) is 10.0 Å². The van der Waals surface area contributed by atoms with Crippen molar-refractivity contribution >= 4 is 27.3 Å². The molecular formula is C12H21N3O3S2. The van der Waals surface area contributed by atoms with Gasteiger partial charge in [-0.1, -0.05) is 19.8 Å². The summed E-state index contributed by atoms with van der Waals surface area (Å²) in [5.41, 5.74) is 5.62. The minimum atomic E-state index is -3.50. The number of nitrogens with one attached hydrogen (secondary N) is 2. The molecule has 0 aliphatic rings. The van der Waals surface area contributed by atoms with Gasteiger partial charge in [-0.15, -0.1) is 11.3 Å². The summed E-state index contributed by atoms with van der Waals surface area (Å²) in [6.45, 7) is 2.45. The topological polar surface area (TPSA) is 101 Å². The van der Waals surface area contributed by atoms with Crippen LogP contribution in [-0.2, 0) is 10.0 Å². The molecule has 1 aromatic heterocycles. The van der Waals surface area contributed by atoms with Crippen molar-refractivity contribution in [1.29, 1.82) is 0 Å². The molecule has 1 aromatic rings. The fourth-order valence-electron chi connectivity index (χ4n) is 1.65. The number of unbranched alkanes of at least 4 members (excludes halogenated alkanes) is 1. The number of hydrogen-bond donors (Lipinski definition) is 3. The van der Waals surface area contributed by atoms with Crippen molar-refractivity contribution in [2.24, 2.45) is 5.73 Å². The third kappa shape index (κ3) is 4.55. The van der Waals surface area contributed by atoms with E-state index in [1.165, 1.54) is 18.5 Å². The molecule has 0 fully saturated rings. The molecule has 0 aromatic carbocycles. The van der Waals surface area contributed by atoms with E-state index < -0.39 is 10.0 Å². The molecule has 8 heteroatoms. The number of rotatable bonds is 8. The van der Waals surface area contributed by atoms with Gasteiger partial charge in [0.15, 0.2) is 0 Å². The van der Waals surface area contributed by atoms with Crippen molar-refractivity contribution in [3.8, 4) is 0 Å². The molecule has 1 atom stereocenters. The van der Waals surface area contributed by atoms with Gasteiger partial charge in [-0.2, -0.15) is 0 Å². The van der Waals surface area contributed by atoms with E-state index >= 15 is 0 Å². The van der Waals surface area contributed by atoms with Crippen LogP contribution in [-0.4, -0.2) is 34.0 Å². The Balaban J connectivity index is 2.73. The smallest absolute Gasteiger partial charge is 0.261 e. The minimum absolute atomic E-state index is 0.0751. The second-order valence-electron chi connectivity index (χ2n) is 4.40. The summed E-state index contributed by atoms with van der Waals surface area (Å²) >= 11 is 1.10. The quantitative estimate of drug-likeness (QED) is 0.662. The van der Waals surface area contributed by atoms with Gasteiger partial charge >= 0.3 is 0 Å². The van der Waals surface area contributed by atoms with Gasteiger partial charge in [-0.25, -0.2) is 13.1 Å². The molecule has 1 heterocycles. The second-order valence-corrected chi connectivity index (χ2v) is 7.20. The first-order valence-corrected chi connectivity index (χ1v) is 8.83. The van der Waals surface area contributed by atoms with E-state index in [0.717, 1.165) is 30.6 Å². The Morgan fingerprint density at radius 1 is 1.50 bits per heavy atom. The summed E-state index contributed by atoms with van der Waals surface area (Å²) in [7, 11) is -2.17. The monoisotopic (exact) mass is 319 g/mol. The molecule has 4 N–H and O–H groups in total. The van der Waals surface area contributed by atoms with E-state index in [9.17, 15) is 13.2 Å². The van der Waals surface area contributed by atoms with Crippen LogP contribution in [0, 0.1) is 0 Å². The Labute approximate surface area is 123 Å². The first-order chi connectivity index (χ1) is 9.44. The molecule has 0 saturated carbocycles. The fraction of sp³-hybridized carbons (Fsp3) is 0.583. The van der Waals surface area contributed by atoms with Gasteiger partial charge < -0.3 is 11.1 Å². The molecule has 0 bridgehead atoms. The Bertz CT molecular complexity index is 540. The van der Waals surface area contributed by atoms with Crippen LogP contribution in [0.1, 0.15) is 35.9 Å². The average Bonchev–Trinajstić information content (AvgIpc) is 2.93. The SMILES string of the molecule is CCCCC(CN)NC(=O)c1cc(S(=O)(=O)NC)cs1. The van der Waals surface area contributed by atoms with Crippen LogP contribution in [0.5, 0.6) is 0 Å². The summed E-state index contributed by atoms with van der Waals surface area (Å²) in [6, 6.07) is 1.30. The van der Waals surface area contributed by atoms with E-state index in [0.29, 0.717) is 11.4 Å². The zero-order valence-electron chi connectivity index (χ0n) is 11.7. The molecule has 0 saturated heterocycles. The minimum Gasteiger partial charge on any atom is -0.347 e. The lowest BCUT2D eigenvalue weighted by molar-refractivity contribution is 0.0940. The number of thiophene rings is 1. The predicted octanol–water partition coefficient (Wildman–Crippen LogP) is 0.904. The van der Waals surface area contributed by atoms with Crippen molar-refractivity contribution in [3.05, 3.63) is 16.3 Å². The third-order valence-corrected chi connectivity index (χ3v) is 5.38. The molecule has 0 spiro atoms. The molecule has 1 amide bonds. The maximum Gasteiger partial charge on any atom is 0.261 e. The second kappa shape index (κ2) is 7.72. The average molecular weight is 319 g/mol. The lowest BCUT2D eigenvalue weighted by Crippen LogP contribution is -2.39. The van der Waals surface area contributed by atoms with Crippen molar-refractivity contribution < 1.29 is 13.2 Å². The highest BCUT2D eigenvalue weighted by Gasteiger charge is 2.18. The van der Waals surface area contributed by atoms with Gasteiger partial charge in [-0.05, 0) is 19.5 Å². The third-order valence-electron chi connectivity index (χ3n) is 2.90. The first kappa shape index (κ1) is 17.1. The van der Waals surface area contributed by atoms with Crippen LogP contribution in [0.15, 0.2) is 16.3 Å². The zero-order chi connectivity index (χ0) is 15.2. The largest absolute Gasteiger partial charge is 0.347 e. The van der Waals surface area contributed by atoms with Gasteiger partial charge in [0, 0.05) is 18.0 Å². The number of carbonyl (C=O) groups is 1. The lowest BCUT2D eigenvalue weighted by atomic mass is 10.1. The van der Waals surface area contributed by atoms with Crippen molar-refractivity contribution in [1.82, 2.24) is 10.0 Å². The van der Waals surface area contributed by atoms with E-state index in [1.807, 2.05) is 0 Å². The van der Waals surface area contributed by atoms with Crippen LogP contribution in [0.3, 0.4) is 0 Å². The van der Waals surface area contributed by atoms with E-state index in [2.05, 4.69) is 17.0 Å². The predicted molar refractivity (Wildman–Crippen MR) is 80.4 cm³/mol. The number of carbonyl (C=O) groups excluding carboxylic acids is 1. The Morgan fingerprint density at radius 2 is 2.20 bits per heavy atom. The van der Waals surface area contributed by atoms with Crippen molar-refractivity contribution in [2.45, 2.75) is 37.1 Å². The molecular weight excluding hydrogens is 298 g/mol. The molecule has 20 heavy (non-hydrogen) atoms. The highest BCUT2D eigenvalue weighted by Crippen LogP contribution is 2.19. The van der Waals surface area contributed by atoms with Gasteiger partial charge in [0.05, 0.1) is 9.77 Å². The van der Waals surface area contributed by atoms with Crippen molar-refractivity contribution in [2.75, 3.05) is 13.6 Å². The standard InChI is InChI=1S/C12H21N3O3S2/c1-3-4-5-9(7-13)15-12(16)11-6-10(8-19-11)20(17,18)14-2/h6,8-9,14H,3-5,7,13H2,1-2H3,(H,15,16). The summed E-state index contributed by atoms with van der Waals surface area (Å²) in [6.07, 6.45) is 2.85. The van der Waals surface area contributed by atoms with Crippen LogP contribution in [0.4, 0.5) is 0 Å². The van der Waals surface area contributed by atoms with E-state index in [1.54, 1.807) is 0 Å². The van der Waals surface area contributed by atoms with Gasteiger partial charge in [-0.3, -0.25) is 4.79 Å². The molecule has 0 aliphatic carbocycles. The highest BCUT2D eigenvalue weighted by molar-refractivity contribution is 7.89. The Kier molecular flexibility index (Phi) is 6.60. The summed E-state index contributed by atoms with van der Waals surface area (Å²) in [4.78, 5) is 12.5. The summed E-state index contributed by atoms with van der Waals surface area (Å²) < 4.78 is 25.4. The zero-order valence-corrected chi connectivity index (χ0v) is 13.3. The maximum atomic E-state index is 12.0. The molecule has 1 unspecified atom stereocenters. The van der Waals surface area contributed by atoms with E-state index in [4.69, 9.17) is 5.73 Å². The number of hydrogen-bond acceptors (Lipinski definition) is 5. The number of nitrogens with two attached hydrogens (primary N) is 1. The van der Waals surface area contributed by atoms with Gasteiger partial charge in [0.25, 0.3) is 5.91 Å². The summed E-state index contributed by atoms with van der Waals surface area (Å²) in [5, 5.41) is 4.28. The maximum absolute atomic E-state index is 12.0. The molecule has 0 radical (unpaired) electrons. The van der Waals surface area contributed by atoms with Crippen molar-refractivity contribution in [3.63, 3.8) is 0 Å². The molecule has 6 nitrogen and oxygen atoms in total.